The summed E-state index contributed by atoms with van der Waals surface area (Å²) >= 11 is -9.33. The molecule has 0 unspecified atom stereocenters. The molecule has 0 aliphatic rings. The Balaban J connectivity index is -0.0000000270. The van der Waals surface area contributed by atoms with E-state index in [0.29, 0.717) is 0 Å². The first-order chi connectivity index (χ1) is 5.20. The number of rotatable bonds is 0. The second-order valence-electron chi connectivity index (χ2n) is 0.612. The fourth-order valence-corrected chi connectivity index (χ4v) is 0. The second kappa shape index (κ2) is 24.0. The second-order valence-corrected chi connectivity index (χ2v) is 1.84. The Bertz CT molecular complexity index is 116. The molecule has 0 saturated carbocycles. The summed E-state index contributed by atoms with van der Waals surface area (Å²) in [7, 11) is 0. The molecule has 0 aromatic rings. The Labute approximate surface area is 113 Å². The largest absolute Gasteiger partial charge is 3.00 e. The van der Waals surface area contributed by atoms with Gasteiger partial charge in [0.15, 0.2) is 0 Å². The van der Waals surface area contributed by atoms with E-state index in [9.17, 15) is 0 Å². The van der Waals surface area contributed by atoms with Gasteiger partial charge in [-0.15, -0.1) is 34.1 Å². The monoisotopic (exact) mass is 378 g/mol. The van der Waals surface area contributed by atoms with E-state index in [2.05, 4.69) is 0 Å². The van der Waals surface area contributed by atoms with E-state index in [0.717, 1.165) is 0 Å². The fourth-order valence-electron chi connectivity index (χ4n) is 0. The Morgan fingerprint density at radius 1 is 0.500 bits per heavy atom. The molecule has 0 aromatic heterocycles. The third kappa shape index (κ3) is 956. The van der Waals surface area contributed by atoms with Crippen LogP contribution in [0.4, 0.5) is 0 Å². The minimum Gasteiger partial charge on any atom is -0.784 e. The summed E-state index contributed by atoms with van der Waals surface area (Å²) in [5.41, 5.74) is 0. The van der Waals surface area contributed by atoms with Gasteiger partial charge in [0.1, 0.15) is 0 Å². The van der Waals surface area contributed by atoms with Gasteiger partial charge in [-0.2, -0.15) is 0 Å². The molecule has 0 radical (unpaired) electrons. The minimum atomic E-state index is -3.11. The van der Waals surface area contributed by atoms with Crippen LogP contribution in [-0.2, 0) is 34.1 Å². The van der Waals surface area contributed by atoms with Gasteiger partial charge in [-0.25, -0.2) is 0 Å². The maximum absolute atomic E-state index is 8.44. The van der Waals surface area contributed by atoms with Crippen LogP contribution < -0.4 is 0 Å². The van der Waals surface area contributed by atoms with Gasteiger partial charge < -0.3 is 27.3 Å². The molecule has 0 amide bonds. The van der Waals surface area contributed by atoms with E-state index in [1.165, 1.54) is 0 Å². The van der Waals surface area contributed by atoms with E-state index >= 15 is 0 Å². The Hall–Kier alpha value is 1.48. The molecule has 0 saturated heterocycles. The SMILES string of the molecule is O=S([O-])[O-].O=S([O-])[O-].O=S([O-])[O-].[Ga+3].[Ga+3]. The molecule has 0 aliphatic carbocycles. The summed E-state index contributed by atoms with van der Waals surface area (Å²) in [5.74, 6) is 0. The predicted molar refractivity (Wildman–Crippen MR) is 40.6 cm³/mol. The van der Waals surface area contributed by atoms with Crippen molar-refractivity contribution in [2.75, 3.05) is 0 Å². The van der Waals surface area contributed by atoms with E-state index in [4.69, 9.17) is 39.9 Å². The van der Waals surface area contributed by atoms with E-state index in [1.54, 1.807) is 0 Å². The predicted octanol–water partition coefficient (Wildman–Crippen LogP) is -3.77. The molecular weight excluding hydrogens is 380 g/mol. The Kier molecular flexibility index (Phi) is 50.6. The van der Waals surface area contributed by atoms with Crippen LogP contribution in [0.5, 0.6) is 0 Å². The van der Waals surface area contributed by atoms with Crippen molar-refractivity contribution in [3.63, 3.8) is 0 Å². The van der Waals surface area contributed by atoms with Crippen LogP contribution in [0.3, 0.4) is 0 Å². The smallest absolute Gasteiger partial charge is 0.784 e. The third-order valence-corrected chi connectivity index (χ3v) is 0. The fraction of sp³-hybridized carbons (Fsp3) is 0. The third-order valence-electron chi connectivity index (χ3n) is 0. The zero-order chi connectivity index (χ0) is 10.7. The first-order valence-corrected chi connectivity index (χ1v) is 4.50. The summed E-state index contributed by atoms with van der Waals surface area (Å²) in [5, 5.41) is 0. The molecular formula is Ga2O9S3. The summed E-state index contributed by atoms with van der Waals surface area (Å²) in [6.07, 6.45) is 0. The molecule has 0 aromatic carbocycles. The van der Waals surface area contributed by atoms with Crippen molar-refractivity contribution in [1.29, 1.82) is 0 Å². The number of hydrogen-bond acceptors (Lipinski definition) is 9. The molecule has 14 heteroatoms. The standard InChI is InChI=1S/2Ga.3H2O3S/c;;3*1-4(2)3/h;;3*(H2,1,2,3)/q2*+3;;;/p-6. The van der Waals surface area contributed by atoms with Crippen molar-refractivity contribution in [3.05, 3.63) is 0 Å². The average molecular weight is 380 g/mol. The number of hydrogen-bond donors (Lipinski definition) is 0. The Morgan fingerprint density at radius 2 is 0.500 bits per heavy atom. The molecule has 0 spiro atoms. The van der Waals surface area contributed by atoms with Crippen molar-refractivity contribution in [1.82, 2.24) is 0 Å². The van der Waals surface area contributed by atoms with Crippen LogP contribution in [0.2, 0.25) is 0 Å². The van der Waals surface area contributed by atoms with Gasteiger partial charge in [0.2, 0.25) is 0 Å². The molecule has 0 aliphatic heterocycles. The van der Waals surface area contributed by atoms with Crippen LogP contribution in [0.25, 0.3) is 0 Å². The average Bonchev–Trinajstić information content (AvgIpc) is 1.54. The van der Waals surface area contributed by atoms with Gasteiger partial charge in [0, 0.05) is 0 Å². The van der Waals surface area contributed by atoms with Gasteiger partial charge in [0.05, 0.1) is 0 Å². The van der Waals surface area contributed by atoms with Gasteiger partial charge >= 0.3 is 39.6 Å². The van der Waals surface area contributed by atoms with Gasteiger partial charge in [-0.05, 0) is 0 Å². The van der Waals surface area contributed by atoms with Crippen molar-refractivity contribution in [2.24, 2.45) is 0 Å². The summed E-state index contributed by atoms with van der Waals surface area (Å²) in [6, 6.07) is 0. The van der Waals surface area contributed by atoms with Crippen molar-refractivity contribution < 1.29 is 39.9 Å². The zero-order valence-corrected chi connectivity index (χ0v) is 13.3. The maximum Gasteiger partial charge on any atom is 3.00 e. The summed E-state index contributed by atoms with van der Waals surface area (Å²) in [6.45, 7) is 0. The van der Waals surface area contributed by atoms with E-state index in [-0.39, 0.29) is 39.6 Å². The van der Waals surface area contributed by atoms with Crippen molar-refractivity contribution in [2.45, 2.75) is 0 Å². The Morgan fingerprint density at radius 3 is 0.500 bits per heavy atom. The molecule has 0 N–H and O–H groups in total. The minimum absolute atomic E-state index is 0. The maximum atomic E-state index is 8.44. The van der Waals surface area contributed by atoms with Crippen molar-refractivity contribution in [3.8, 4) is 0 Å². The molecule has 14 heavy (non-hydrogen) atoms. The normalized spacial score (nSPS) is 7.50. The first-order valence-electron chi connectivity index (χ1n) is 1.50. The van der Waals surface area contributed by atoms with Crippen molar-refractivity contribution >= 4 is 73.7 Å². The molecule has 0 fully saturated rings. The van der Waals surface area contributed by atoms with Crippen LogP contribution in [0, 0.1) is 0 Å². The molecule has 78 valence electrons. The van der Waals surface area contributed by atoms with Crippen LogP contribution in [-0.4, -0.2) is 79.5 Å². The van der Waals surface area contributed by atoms with Gasteiger partial charge in [-0.1, -0.05) is 0 Å². The molecule has 0 bridgehead atoms. The molecule has 9 nitrogen and oxygen atoms in total. The summed E-state index contributed by atoms with van der Waals surface area (Å²) in [4.78, 5) is 0. The van der Waals surface area contributed by atoms with Crippen LogP contribution >= 0.6 is 0 Å². The van der Waals surface area contributed by atoms with Gasteiger partial charge in [-0.3, -0.25) is 12.6 Å². The molecule has 0 rings (SSSR count). The zero-order valence-electron chi connectivity index (χ0n) is 6.05. The van der Waals surface area contributed by atoms with Crippen LogP contribution in [0.1, 0.15) is 0 Å². The molecule has 0 heterocycles. The first kappa shape index (κ1) is 29.6. The van der Waals surface area contributed by atoms with E-state index in [1.807, 2.05) is 0 Å². The van der Waals surface area contributed by atoms with Crippen LogP contribution in [0.15, 0.2) is 0 Å². The molecule has 0 atom stereocenters. The topological polar surface area (TPSA) is 190 Å². The quantitative estimate of drug-likeness (QED) is 0.300. The van der Waals surface area contributed by atoms with Gasteiger partial charge in [0.25, 0.3) is 0 Å². The van der Waals surface area contributed by atoms with E-state index < -0.39 is 34.1 Å². The summed E-state index contributed by atoms with van der Waals surface area (Å²) < 4.78 is 76.0.